The summed E-state index contributed by atoms with van der Waals surface area (Å²) in [7, 11) is 2.10. The van der Waals surface area contributed by atoms with Crippen molar-refractivity contribution < 1.29 is 9.53 Å². The van der Waals surface area contributed by atoms with Crippen LogP contribution in [-0.4, -0.2) is 50.2 Å². The number of likely N-dealkylation sites (N-methyl/N-ethyl adjacent to an activating group) is 1. The minimum absolute atomic E-state index is 0.0175. The normalized spacial score (nSPS) is 15.9. The van der Waals surface area contributed by atoms with Crippen LogP contribution in [0.25, 0.3) is 0 Å². The van der Waals surface area contributed by atoms with E-state index in [1.54, 1.807) is 0 Å². The van der Waals surface area contributed by atoms with Crippen LogP contribution >= 0.6 is 0 Å². The van der Waals surface area contributed by atoms with Crippen LogP contribution in [0.4, 0.5) is 0 Å². The maximum atomic E-state index is 11.1. The van der Waals surface area contributed by atoms with Crippen molar-refractivity contribution in [1.82, 2.24) is 10.2 Å². The summed E-state index contributed by atoms with van der Waals surface area (Å²) in [6.45, 7) is 4.31. The van der Waals surface area contributed by atoms with Gasteiger partial charge in [0.25, 0.3) is 0 Å². The molecule has 4 nitrogen and oxygen atoms in total. The van der Waals surface area contributed by atoms with Gasteiger partial charge in [0.1, 0.15) is 6.61 Å². The Bertz CT molecular complexity index is 181. The summed E-state index contributed by atoms with van der Waals surface area (Å²) in [6, 6.07) is 0.763. The highest BCUT2D eigenvalue weighted by Crippen LogP contribution is 2.24. The van der Waals surface area contributed by atoms with Crippen molar-refractivity contribution >= 4 is 5.91 Å². The SMILES string of the molecule is CCOCC(=O)NCCN(C)C1CC1. The van der Waals surface area contributed by atoms with E-state index in [0.29, 0.717) is 6.61 Å². The van der Waals surface area contributed by atoms with Crippen LogP contribution in [0.3, 0.4) is 0 Å². The summed E-state index contributed by atoms with van der Waals surface area (Å²) in [5, 5.41) is 2.83. The van der Waals surface area contributed by atoms with Crippen molar-refractivity contribution in [3.8, 4) is 0 Å². The molecule has 82 valence electrons. The Balaban J connectivity index is 1.94. The van der Waals surface area contributed by atoms with Gasteiger partial charge in [0.05, 0.1) is 0 Å². The molecule has 0 spiro atoms. The van der Waals surface area contributed by atoms with E-state index in [0.717, 1.165) is 19.1 Å². The van der Waals surface area contributed by atoms with Gasteiger partial charge in [-0.15, -0.1) is 0 Å². The third-order valence-electron chi connectivity index (χ3n) is 2.39. The lowest BCUT2D eigenvalue weighted by Gasteiger charge is -2.15. The molecular weight excluding hydrogens is 180 g/mol. The topological polar surface area (TPSA) is 41.6 Å². The van der Waals surface area contributed by atoms with Crippen LogP contribution in [0, 0.1) is 0 Å². The van der Waals surface area contributed by atoms with E-state index >= 15 is 0 Å². The average Bonchev–Trinajstić information content (AvgIpc) is 2.97. The fourth-order valence-corrected chi connectivity index (χ4v) is 1.32. The highest BCUT2D eigenvalue weighted by molar-refractivity contribution is 5.77. The van der Waals surface area contributed by atoms with E-state index in [-0.39, 0.29) is 12.5 Å². The Hall–Kier alpha value is -0.610. The number of nitrogens with one attached hydrogen (secondary N) is 1. The van der Waals surface area contributed by atoms with Crippen molar-refractivity contribution in [2.45, 2.75) is 25.8 Å². The lowest BCUT2D eigenvalue weighted by molar-refractivity contribution is -0.125. The number of rotatable bonds is 7. The van der Waals surface area contributed by atoms with Crippen molar-refractivity contribution in [2.24, 2.45) is 0 Å². The van der Waals surface area contributed by atoms with Crippen molar-refractivity contribution in [3.63, 3.8) is 0 Å². The molecule has 0 bridgehead atoms. The Labute approximate surface area is 85.6 Å². The smallest absolute Gasteiger partial charge is 0.246 e. The molecular formula is C10H20N2O2. The standard InChI is InChI=1S/C10H20N2O2/c1-3-14-8-10(13)11-6-7-12(2)9-4-5-9/h9H,3-8H2,1-2H3,(H,11,13). The second kappa shape index (κ2) is 5.98. The first-order valence-electron chi connectivity index (χ1n) is 5.28. The van der Waals surface area contributed by atoms with Crippen LogP contribution < -0.4 is 5.32 Å². The van der Waals surface area contributed by atoms with Gasteiger partial charge in [-0.3, -0.25) is 4.79 Å². The van der Waals surface area contributed by atoms with E-state index < -0.39 is 0 Å². The lowest BCUT2D eigenvalue weighted by atomic mass is 10.5. The van der Waals surface area contributed by atoms with Crippen LogP contribution in [0.15, 0.2) is 0 Å². The van der Waals surface area contributed by atoms with Gasteiger partial charge in [0.2, 0.25) is 5.91 Å². The van der Waals surface area contributed by atoms with Crippen LogP contribution in [-0.2, 0) is 9.53 Å². The van der Waals surface area contributed by atoms with Gasteiger partial charge in [0, 0.05) is 25.7 Å². The van der Waals surface area contributed by atoms with Gasteiger partial charge in [0.15, 0.2) is 0 Å². The van der Waals surface area contributed by atoms with Crippen LogP contribution in [0.2, 0.25) is 0 Å². The molecule has 1 saturated carbocycles. The minimum atomic E-state index is -0.0175. The second-order valence-electron chi connectivity index (χ2n) is 3.70. The van der Waals surface area contributed by atoms with Gasteiger partial charge in [-0.25, -0.2) is 0 Å². The fraction of sp³-hybridized carbons (Fsp3) is 0.900. The molecule has 0 aliphatic heterocycles. The molecule has 0 saturated heterocycles. The first kappa shape index (κ1) is 11.5. The van der Waals surface area contributed by atoms with E-state index in [9.17, 15) is 4.79 Å². The van der Waals surface area contributed by atoms with Gasteiger partial charge in [-0.2, -0.15) is 0 Å². The third-order valence-corrected chi connectivity index (χ3v) is 2.39. The number of hydrogen-bond acceptors (Lipinski definition) is 3. The predicted molar refractivity (Wildman–Crippen MR) is 55.2 cm³/mol. The van der Waals surface area contributed by atoms with Crippen molar-refractivity contribution in [2.75, 3.05) is 33.4 Å². The summed E-state index contributed by atoms with van der Waals surface area (Å²) in [4.78, 5) is 13.4. The lowest BCUT2D eigenvalue weighted by Crippen LogP contribution is -2.35. The highest BCUT2D eigenvalue weighted by atomic mass is 16.5. The van der Waals surface area contributed by atoms with Crippen molar-refractivity contribution in [1.29, 1.82) is 0 Å². The van der Waals surface area contributed by atoms with Gasteiger partial charge < -0.3 is 15.0 Å². The van der Waals surface area contributed by atoms with Gasteiger partial charge >= 0.3 is 0 Å². The zero-order chi connectivity index (χ0) is 10.4. The summed E-state index contributed by atoms with van der Waals surface area (Å²) in [5.74, 6) is -0.0175. The van der Waals surface area contributed by atoms with Gasteiger partial charge in [-0.05, 0) is 26.8 Å². The second-order valence-corrected chi connectivity index (χ2v) is 3.70. The number of carbonyl (C=O) groups is 1. The summed E-state index contributed by atoms with van der Waals surface area (Å²) >= 11 is 0. The highest BCUT2D eigenvalue weighted by Gasteiger charge is 2.25. The molecule has 0 aromatic heterocycles. The first-order chi connectivity index (χ1) is 6.74. The molecule has 1 aliphatic rings. The molecule has 1 amide bonds. The Morgan fingerprint density at radius 1 is 1.57 bits per heavy atom. The molecule has 0 heterocycles. The molecule has 1 aliphatic carbocycles. The summed E-state index contributed by atoms with van der Waals surface area (Å²) < 4.78 is 4.99. The van der Waals surface area contributed by atoms with E-state index in [2.05, 4.69) is 17.3 Å². The summed E-state index contributed by atoms with van der Waals surface area (Å²) in [5.41, 5.74) is 0. The van der Waals surface area contributed by atoms with E-state index in [4.69, 9.17) is 4.74 Å². The molecule has 0 aromatic carbocycles. The average molecular weight is 200 g/mol. The largest absolute Gasteiger partial charge is 0.372 e. The Morgan fingerprint density at radius 2 is 2.29 bits per heavy atom. The summed E-state index contributed by atoms with van der Waals surface area (Å²) in [6.07, 6.45) is 2.62. The zero-order valence-corrected chi connectivity index (χ0v) is 9.08. The van der Waals surface area contributed by atoms with Crippen molar-refractivity contribution in [3.05, 3.63) is 0 Å². The minimum Gasteiger partial charge on any atom is -0.372 e. The molecule has 1 rings (SSSR count). The molecule has 0 atom stereocenters. The number of ether oxygens (including phenoxy) is 1. The Morgan fingerprint density at radius 3 is 2.86 bits per heavy atom. The fourth-order valence-electron chi connectivity index (χ4n) is 1.32. The van der Waals surface area contributed by atoms with E-state index in [1.165, 1.54) is 12.8 Å². The number of hydrogen-bond donors (Lipinski definition) is 1. The maximum absolute atomic E-state index is 11.1. The van der Waals surface area contributed by atoms with Crippen LogP contribution in [0.1, 0.15) is 19.8 Å². The molecule has 0 unspecified atom stereocenters. The first-order valence-corrected chi connectivity index (χ1v) is 5.28. The van der Waals surface area contributed by atoms with Crippen LogP contribution in [0.5, 0.6) is 0 Å². The number of nitrogens with zero attached hydrogens (tertiary/aromatic N) is 1. The molecule has 4 heteroatoms. The molecule has 14 heavy (non-hydrogen) atoms. The Kier molecular flexibility index (Phi) is 4.90. The van der Waals surface area contributed by atoms with E-state index in [1.807, 2.05) is 6.92 Å². The maximum Gasteiger partial charge on any atom is 0.246 e. The quantitative estimate of drug-likeness (QED) is 0.640. The van der Waals surface area contributed by atoms with Gasteiger partial charge in [-0.1, -0.05) is 0 Å². The third kappa shape index (κ3) is 4.58. The molecule has 0 radical (unpaired) electrons. The molecule has 1 fully saturated rings. The number of carbonyl (C=O) groups excluding carboxylic acids is 1. The molecule has 0 aromatic rings. The monoisotopic (exact) mass is 200 g/mol. The number of amides is 1. The predicted octanol–water partition coefficient (Wildman–Crippen LogP) is 0.233. The zero-order valence-electron chi connectivity index (χ0n) is 9.08. The molecule has 1 N–H and O–H groups in total.